The van der Waals surface area contributed by atoms with Crippen LogP contribution in [0.1, 0.15) is 24.1 Å². The summed E-state index contributed by atoms with van der Waals surface area (Å²) in [5.41, 5.74) is 3.67. The molecule has 0 bridgehead atoms. The normalized spacial score (nSPS) is 12.4. The number of hydrogen-bond acceptors (Lipinski definition) is 3. The van der Waals surface area contributed by atoms with Crippen LogP contribution in [0, 0.1) is 0 Å². The Hall–Kier alpha value is -1.81. The number of nitrogens with zero attached hydrogens (tertiary/aromatic N) is 3. The van der Waals surface area contributed by atoms with Crippen LogP contribution in [0.4, 0.5) is 5.69 Å². The summed E-state index contributed by atoms with van der Waals surface area (Å²) in [7, 11) is 6.05. The van der Waals surface area contributed by atoms with E-state index in [2.05, 4.69) is 66.8 Å². The Morgan fingerprint density at radius 1 is 1.21 bits per heavy atom. The Balaban J connectivity index is 2.28. The summed E-state index contributed by atoms with van der Waals surface area (Å²) in [5, 5.41) is 7.77. The molecule has 0 saturated carbocycles. The summed E-state index contributed by atoms with van der Waals surface area (Å²) in [5.74, 6) is 0. The first kappa shape index (κ1) is 13.6. The number of rotatable bonds is 5. The van der Waals surface area contributed by atoms with Crippen LogP contribution in [0.3, 0.4) is 0 Å². The molecule has 0 amide bonds. The molecule has 0 saturated heterocycles. The van der Waals surface area contributed by atoms with Crippen molar-refractivity contribution in [2.24, 2.45) is 7.05 Å². The van der Waals surface area contributed by atoms with Gasteiger partial charge < -0.3 is 10.2 Å². The zero-order valence-corrected chi connectivity index (χ0v) is 12.1. The van der Waals surface area contributed by atoms with Crippen molar-refractivity contribution < 1.29 is 0 Å². The Morgan fingerprint density at radius 2 is 1.89 bits per heavy atom. The SMILES string of the molecule is CCNC(c1ccc(N(C)C)cc1)c1cnn(C)c1. The molecule has 1 aromatic heterocycles. The highest BCUT2D eigenvalue weighted by Gasteiger charge is 2.14. The molecule has 2 rings (SSSR count). The van der Waals surface area contributed by atoms with E-state index in [1.807, 2.05) is 17.9 Å². The van der Waals surface area contributed by atoms with Gasteiger partial charge in [-0.15, -0.1) is 0 Å². The highest BCUT2D eigenvalue weighted by Crippen LogP contribution is 2.23. The van der Waals surface area contributed by atoms with E-state index in [-0.39, 0.29) is 6.04 Å². The van der Waals surface area contributed by atoms with Gasteiger partial charge in [0.15, 0.2) is 0 Å². The fraction of sp³-hybridized carbons (Fsp3) is 0.400. The summed E-state index contributed by atoms with van der Waals surface area (Å²) in [4.78, 5) is 2.11. The van der Waals surface area contributed by atoms with Crippen LogP contribution in [0.15, 0.2) is 36.7 Å². The Bertz CT molecular complexity index is 513. The molecule has 0 fully saturated rings. The first-order valence-electron chi connectivity index (χ1n) is 6.61. The smallest absolute Gasteiger partial charge is 0.0607 e. The van der Waals surface area contributed by atoms with Crippen molar-refractivity contribution >= 4 is 5.69 Å². The van der Waals surface area contributed by atoms with Crippen LogP contribution in [0.5, 0.6) is 0 Å². The van der Waals surface area contributed by atoms with Crippen LogP contribution in [0.25, 0.3) is 0 Å². The highest BCUT2D eigenvalue weighted by atomic mass is 15.2. The maximum Gasteiger partial charge on any atom is 0.0607 e. The van der Waals surface area contributed by atoms with Crippen molar-refractivity contribution in [1.29, 1.82) is 0 Å². The average Bonchev–Trinajstić information content (AvgIpc) is 2.82. The van der Waals surface area contributed by atoms with Gasteiger partial charge in [-0.3, -0.25) is 4.68 Å². The fourth-order valence-electron chi connectivity index (χ4n) is 2.19. The molecule has 4 nitrogen and oxygen atoms in total. The van der Waals surface area contributed by atoms with E-state index in [9.17, 15) is 0 Å². The maximum atomic E-state index is 4.26. The van der Waals surface area contributed by atoms with E-state index < -0.39 is 0 Å². The van der Waals surface area contributed by atoms with Gasteiger partial charge >= 0.3 is 0 Å². The van der Waals surface area contributed by atoms with E-state index in [1.54, 1.807) is 0 Å². The van der Waals surface area contributed by atoms with Gasteiger partial charge in [-0.25, -0.2) is 0 Å². The molecule has 1 unspecified atom stereocenters. The van der Waals surface area contributed by atoms with Gasteiger partial charge in [-0.05, 0) is 24.2 Å². The lowest BCUT2D eigenvalue weighted by Crippen LogP contribution is -2.21. The second-order valence-corrected chi connectivity index (χ2v) is 4.92. The number of anilines is 1. The second kappa shape index (κ2) is 5.89. The molecule has 0 aliphatic rings. The van der Waals surface area contributed by atoms with E-state index in [0.29, 0.717) is 0 Å². The van der Waals surface area contributed by atoms with E-state index >= 15 is 0 Å². The minimum atomic E-state index is 0.204. The summed E-state index contributed by atoms with van der Waals surface area (Å²) < 4.78 is 1.84. The minimum Gasteiger partial charge on any atom is -0.378 e. The van der Waals surface area contributed by atoms with Crippen molar-refractivity contribution in [2.75, 3.05) is 25.5 Å². The lowest BCUT2D eigenvalue weighted by Gasteiger charge is -2.19. The Morgan fingerprint density at radius 3 is 2.37 bits per heavy atom. The van der Waals surface area contributed by atoms with Crippen LogP contribution in [-0.2, 0) is 7.05 Å². The molecule has 1 heterocycles. The first-order valence-corrected chi connectivity index (χ1v) is 6.61. The van der Waals surface area contributed by atoms with Crippen LogP contribution in [0.2, 0.25) is 0 Å². The molecule has 0 radical (unpaired) electrons. The van der Waals surface area contributed by atoms with Gasteiger partial charge in [0.05, 0.1) is 12.2 Å². The fourth-order valence-corrected chi connectivity index (χ4v) is 2.19. The predicted molar refractivity (Wildman–Crippen MR) is 79.5 cm³/mol. The lowest BCUT2D eigenvalue weighted by atomic mass is 10.0. The standard InChI is InChI=1S/C15H22N4/c1-5-16-15(13-10-17-19(4)11-13)12-6-8-14(9-7-12)18(2)3/h6-11,15-16H,5H2,1-4H3. The van der Waals surface area contributed by atoms with Crippen molar-refractivity contribution in [3.8, 4) is 0 Å². The molecule has 2 aromatic rings. The first-order chi connectivity index (χ1) is 9.11. The Labute approximate surface area is 115 Å². The quantitative estimate of drug-likeness (QED) is 0.892. The summed E-state index contributed by atoms with van der Waals surface area (Å²) >= 11 is 0. The average molecular weight is 258 g/mol. The van der Waals surface area contributed by atoms with Gasteiger partial charge in [-0.2, -0.15) is 5.10 Å². The predicted octanol–water partition coefficient (Wildman–Crippen LogP) is 2.18. The largest absolute Gasteiger partial charge is 0.378 e. The van der Waals surface area contributed by atoms with E-state index in [4.69, 9.17) is 0 Å². The molecule has 4 heteroatoms. The van der Waals surface area contributed by atoms with Gasteiger partial charge in [0.2, 0.25) is 0 Å². The third-order valence-corrected chi connectivity index (χ3v) is 3.21. The van der Waals surface area contributed by atoms with Crippen LogP contribution >= 0.6 is 0 Å². The minimum absolute atomic E-state index is 0.204. The van der Waals surface area contributed by atoms with Crippen LogP contribution in [-0.4, -0.2) is 30.4 Å². The van der Waals surface area contributed by atoms with Crippen molar-refractivity contribution in [3.63, 3.8) is 0 Å². The molecular formula is C15H22N4. The van der Waals surface area contributed by atoms with Crippen LogP contribution < -0.4 is 10.2 Å². The highest BCUT2D eigenvalue weighted by molar-refractivity contribution is 5.47. The monoisotopic (exact) mass is 258 g/mol. The number of aryl methyl sites for hydroxylation is 1. The molecule has 1 aromatic carbocycles. The maximum absolute atomic E-state index is 4.26. The lowest BCUT2D eigenvalue weighted by molar-refractivity contribution is 0.629. The Kier molecular flexibility index (Phi) is 4.22. The zero-order chi connectivity index (χ0) is 13.8. The van der Waals surface area contributed by atoms with E-state index in [1.165, 1.54) is 16.8 Å². The zero-order valence-electron chi connectivity index (χ0n) is 12.1. The molecule has 0 aliphatic heterocycles. The van der Waals surface area contributed by atoms with Crippen molar-refractivity contribution in [1.82, 2.24) is 15.1 Å². The van der Waals surface area contributed by atoms with Gasteiger partial charge in [0.25, 0.3) is 0 Å². The number of benzene rings is 1. The molecule has 102 valence electrons. The van der Waals surface area contributed by atoms with Gasteiger partial charge in [-0.1, -0.05) is 19.1 Å². The molecule has 1 atom stereocenters. The van der Waals surface area contributed by atoms with Crippen molar-refractivity contribution in [2.45, 2.75) is 13.0 Å². The van der Waals surface area contributed by atoms with E-state index in [0.717, 1.165) is 6.54 Å². The molecule has 1 N–H and O–H groups in total. The number of nitrogens with one attached hydrogen (secondary N) is 1. The third-order valence-electron chi connectivity index (χ3n) is 3.21. The number of hydrogen-bond donors (Lipinski definition) is 1. The summed E-state index contributed by atoms with van der Waals surface area (Å²) in [6.07, 6.45) is 3.99. The summed E-state index contributed by atoms with van der Waals surface area (Å²) in [6.45, 7) is 3.05. The molecular weight excluding hydrogens is 236 g/mol. The molecule has 0 aliphatic carbocycles. The number of aromatic nitrogens is 2. The topological polar surface area (TPSA) is 33.1 Å². The molecule has 19 heavy (non-hydrogen) atoms. The van der Waals surface area contributed by atoms with Crippen molar-refractivity contribution in [3.05, 3.63) is 47.8 Å². The second-order valence-electron chi connectivity index (χ2n) is 4.92. The third kappa shape index (κ3) is 3.15. The van der Waals surface area contributed by atoms with Gasteiger partial charge in [0.1, 0.15) is 0 Å². The molecule has 0 spiro atoms. The van der Waals surface area contributed by atoms with Gasteiger partial charge in [0, 0.05) is 38.6 Å². The summed E-state index contributed by atoms with van der Waals surface area (Å²) in [6, 6.07) is 8.85.